The maximum atomic E-state index is 2.51. The summed E-state index contributed by atoms with van der Waals surface area (Å²) in [6.07, 6.45) is 8.41. The van der Waals surface area contributed by atoms with Crippen LogP contribution in [0.2, 0.25) is 0 Å². The average molecular weight is 747 g/mol. The first-order chi connectivity index (χ1) is 28.3. The maximum absolute atomic E-state index is 2.79. The van der Waals surface area contributed by atoms with Crippen molar-refractivity contribution in [2.45, 2.75) is 0 Å². The van der Waals surface area contributed by atoms with Gasteiger partial charge in [0.15, 0.2) is 8.07 Å². The number of benzene rings is 8. The van der Waals surface area contributed by atoms with Crippen LogP contribution in [0.15, 0.2) is 231 Å². The summed E-state index contributed by atoms with van der Waals surface area (Å²) in [6, 6.07) is 76.1. The zero-order valence-corrected chi connectivity index (χ0v) is 32.2. The van der Waals surface area contributed by atoms with Crippen LogP contribution in [0.4, 0.5) is 17.1 Å². The van der Waals surface area contributed by atoms with Crippen molar-refractivity contribution in [2.75, 3.05) is 10.0 Å². The molecule has 0 spiro atoms. The molecule has 57 heavy (non-hydrogen) atoms. The molecule has 4 nitrogen and oxygen atoms in total. The van der Waals surface area contributed by atoms with Gasteiger partial charge in [-0.2, -0.15) is 5.12 Å². The maximum Gasteiger partial charge on any atom is 0.179 e. The smallest absolute Gasteiger partial charge is 0.179 e. The summed E-state index contributed by atoms with van der Waals surface area (Å²) in [7, 11) is -2.79. The van der Waals surface area contributed by atoms with Crippen molar-refractivity contribution in [3.05, 3.63) is 231 Å². The molecule has 0 N–H and O–H groups in total. The Morgan fingerprint density at radius 1 is 0.351 bits per heavy atom. The topological polar surface area (TPSA) is 14.7 Å². The van der Waals surface area contributed by atoms with Crippen LogP contribution in [0.1, 0.15) is 0 Å². The van der Waals surface area contributed by atoms with Gasteiger partial charge in [0.2, 0.25) is 0 Å². The fourth-order valence-electron chi connectivity index (χ4n) is 9.13. The Hall–Kier alpha value is -7.34. The average Bonchev–Trinajstić information content (AvgIpc) is 3.80. The van der Waals surface area contributed by atoms with Crippen molar-refractivity contribution in [1.82, 2.24) is 9.69 Å². The molecule has 0 radical (unpaired) electrons. The summed E-state index contributed by atoms with van der Waals surface area (Å²) >= 11 is 0. The Bertz CT molecular complexity index is 2880. The van der Waals surface area contributed by atoms with Gasteiger partial charge in [0.1, 0.15) is 0 Å². The molecule has 0 unspecified atom stereocenters. The molecule has 0 atom stereocenters. The molecular formula is C52H38N4Si. The van der Waals surface area contributed by atoms with E-state index in [1.165, 1.54) is 53.7 Å². The Morgan fingerprint density at radius 2 is 0.947 bits per heavy atom. The molecule has 9 aromatic rings. The minimum absolute atomic E-state index is 1.10. The van der Waals surface area contributed by atoms with E-state index in [1.807, 2.05) is 0 Å². The van der Waals surface area contributed by atoms with Crippen molar-refractivity contribution in [2.24, 2.45) is 0 Å². The number of hydrazine groups is 2. The van der Waals surface area contributed by atoms with Gasteiger partial charge in [0.05, 0.1) is 28.1 Å². The van der Waals surface area contributed by atoms with Crippen LogP contribution < -0.4 is 30.8 Å². The van der Waals surface area contributed by atoms with Gasteiger partial charge in [0, 0.05) is 28.9 Å². The Morgan fingerprint density at radius 3 is 1.63 bits per heavy atom. The van der Waals surface area contributed by atoms with E-state index in [0.29, 0.717) is 0 Å². The molecule has 0 aliphatic carbocycles. The second-order valence-electron chi connectivity index (χ2n) is 14.7. The normalized spacial score (nSPS) is 13.4. The number of rotatable bonds is 7. The standard InChI is InChI=1S/C52H38N4Si/c1-5-18-39(19-6-1)40-20-17-21-41(36-40)55-49-33-30-42(56-51-29-14-13-28-50(51)53-34-15-16-35-54(53)56)37-48(49)47-32-31-46(38-52(47)55)57(43-22-7-2-8-23-43,44-24-9-3-10-25-44)45-26-11-4-12-27-45/h1-38H. The van der Waals surface area contributed by atoms with Gasteiger partial charge in [0.25, 0.3) is 0 Å². The van der Waals surface area contributed by atoms with Crippen LogP contribution in [0.25, 0.3) is 38.6 Å². The van der Waals surface area contributed by atoms with E-state index in [2.05, 4.69) is 251 Å². The second kappa shape index (κ2) is 13.4. The summed E-state index contributed by atoms with van der Waals surface area (Å²) in [5.74, 6) is 0. The number of allylic oxidation sites excluding steroid dienone is 2. The first-order valence-electron chi connectivity index (χ1n) is 19.5. The highest BCUT2D eigenvalue weighted by Gasteiger charge is 2.42. The lowest BCUT2D eigenvalue weighted by atomic mass is 10.1. The lowest BCUT2D eigenvalue weighted by molar-refractivity contribution is 0.408. The first-order valence-corrected chi connectivity index (χ1v) is 21.5. The molecular weight excluding hydrogens is 709 g/mol. The highest BCUT2D eigenvalue weighted by atomic mass is 28.3. The number of nitrogens with zero attached hydrogens (tertiary/aromatic N) is 4. The number of para-hydroxylation sites is 2. The summed E-state index contributed by atoms with van der Waals surface area (Å²) in [5.41, 5.74) is 9.26. The van der Waals surface area contributed by atoms with Gasteiger partial charge in [-0.25, -0.2) is 10.0 Å². The van der Waals surface area contributed by atoms with Crippen molar-refractivity contribution in [3.8, 4) is 16.8 Å². The van der Waals surface area contributed by atoms with Gasteiger partial charge < -0.3 is 4.57 Å². The van der Waals surface area contributed by atoms with E-state index in [-0.39, 0.29) is 0 Å². The van der Waals surface area contributed by atoms with Crippen LogP contribution >= 0.6 is 0 Å². The Kier molecular flexibility index (Phi) is 7.79. The van der Waals surface area contributed by atoms with Gasteiger partial charge in [-0.05, 0) is 92.6 Å². The van der Waals surface area contributed by atoms with Crippen molar-refractivity contribution in [3.63, 3.8) is 0 Å². The Labute approximate surface area is 333 Å². The number of aromatic nitrogens is 1. The van der Waals surface area contributed by atoms with E-state index >= 15 is 0 Å². The first kappa shape index (κ1) is 33.0. The Balaban J connectivity index is 1.20. The number of fused-ring (bicyclic) bond motifs is 6. The molecule has 2 aliphatic rings. The van der Waals surface area contributed by atoms with E-state index < -0.39 is 8.07 Å². The van der Waals surface area contributed by atoms with Crippen LogP contribution in [-0.4, -0.2) is 17.8 Å². The summed E-state index contributed by atoms with van der Waals surface area (Å²) in [5, 5.41) is 14.5. The predicted octanol–water partition coefficient (Wildman–Crippen LogP) is 9.96. The lowest BCUT2D eigenvalue weighted by Gasteiger charge is -2.34. The number of hydrogen-bond donors (Lipinski definition) is 0. The second-order valence-corrected chi connectivity index (χ2v) is 18.5. The van der Waals surface area contributed by atoms with Crippen LogP contribution in [0, 0.1) is 0 Å². The fourth-order valence-corrected chi connectivity index (χ4v) is 13.9. The van der Waals surface area contributed by atoms with Gasteiger partial charge in [-0.3, -0.25) is 0 Å². The summed E-state index contributed by atoms with van der Waals surface area (Å²) in [6.45, 7) is 0. The van der Waals surface area contributed by atoms with Crippen molar-refractivity contribution < 1.29 is 0 Å². The number of hydrogen-bond acceptors (Lipinski definition) is 3. The third kappa shape index (κ3) is 5.20. The van der Waals surface area contributed by atoms with Crippen LogP contribution in [0.3, 0.4) is 0 Å². The molecule has 0 saturated heterocycles. The zero-order chi connectivity index (χ0) is 37.8. The SMILES string of the molecule is C1=CN2c3ccccc3N(c3ccc4c(c3)c3ccc([Si](c5ccccc5)(c5ccccc5)c5ccccc5)cc3n4-c3cccc(-c4ccccc4)c3)N2C=C1. The minimum atomic E-state index is -2.79. The molecule has 3 heterocycles. The minimum Gasteiger partial charge on any atom is -0.309 e. The van der Waals surface area contributed by atoms with Gasteiger partial charge in [-0.1, -0.05) is 158 Å². The largest absolute Gasteiger partial charge is 0.309 e. The molecule has 0 fully saturated rings. The molecule has 8 aromatic carbocycles. The fraction of sp³-hybridized carbons (Fsp3) is 0. The summed E-state index contributed by atoms with van der Waals surface area (Å²) < 4.78 is 2.48. The highest BCUT2D eigenvalue weighted by Crippen LogP contribution is 2.46. The van der Waals surface area contributed by atoms with Crippen molar-refractivity contribution in [1.29, 1.82) is 0 Å². The predicted molar refractivity (Wildman–Crippen MR) is 241 cm³/mol. The molecule has 5 heteroatoms. The molecule has 1 aromatic heterocycles. The molecule has 2 aliphatic heterocycles. The van der Waals surface area contributed by atoms with E-state index in [0.717, 1.165) is 22.7 Å². The van der Waals surface area contributed by atoms with Gasteiger partial charge in [-0.15, -0.1) is 0 Å². The monoisotopic (exact) mass is 746 g/mol. The van der Waals surface area contributed by atoms with E-state index in [4.69, 9.17) is 0 Å². The van der Waals surface area contributed by atoms with E-state index in [9.17, 15) is 0 Å². The zero-order valence-electron chi connectivity index (χ0n) is 31.2. The third-order valence-electron chi connectivity index (χ3n) is 11.6. The molecule has 0 amide bonds. The lowest BCUT2D eigenvalue weighted by Crippen LogP contribution is -2.74. The van der Waals surface area contributed by atoms with Crippen LogP contribution in [-0.2, 0) is 0 Å². The van der Waals surface area contributed by atoms with Crippen LogP contribution in [0.5, 0.6) is 0 Å². The number of anilines is 3. The highest BCUT2D eigenvalue weighted by molar-refractivity contribution is 7.20. The van der Waals surface area contributed by atoms with Gasteiger partial charge >= 0.3 is 0 Å². The molecule has 0 saturated carbocycles. The molecule has 270 valence electrons. The van der Waals surface area contributed by atoms with E-state index in [1.54, 1.807) is 0 Å². The third-order valence-corrected chi connectivity index (χ3v) is 16.4. The molecule has 11 rings (SSSR count). The molecule has 0 bridgehead atoms. The quantitative estimate of drug-likeness (QED) is 0.119. The van der Waals surface area contributed by atoms with Crippen molar-refractivity contribution >= 4 is 67.7 Å². The summed E-state index contributed by atoms with van der Waals surface area (Å²) in [4.78, 5) is 0.